The van der Waals surface area contributed by atoms with Crippen LogP contribution in [0, 0.1) is 6.57 Å². The topological polar surface area (TPSA) is 86.9 Å². The molecule has 8 heteroatoms. The molecule has 32 heavy (non-hydrogen) atoms. The molecule has 1 fully saturated rings. The number of ether oxygens (including phenoxy) is 1. The smallest absolute Gasteiger partial charge is 0.238 e. The molecule has 1 aromatic heterocycles. The van der Waals surface area contributed by atoms with Crippen LogP contribution in [-0.2, 0) is 7.05 Å². The zero-order valence-electron chi connectivity index (χ0n) is 17.4. The number of ketones is 1. The third kappa shape index (κ3) is 3.38. The van der Waals surface area contributed by atoms with Gasteiger partial charge in [-0.05, 0) is 36.6 Å². The lowest BCUT2D eigenvalue weighted by Gasteiger charge is -2.17. The zero-order valence-corrected chi connectivity index (χ0v) is 18.2. The Morgan fingerprint density at radius 2 is 2.06 bits per heavy atom. The summed E-state index contributed by atoms with van der Waals surface area (Å²) in [6, 6.07) is 9.10. The number of rotatable bonds is 5. The van der Waals surface area contributed by atoms with Gasteiger partial charge in [0.15, 0.2) is 5.78 Å². The molecule has 2 heterocycles. The first kappa shape index (κ1) is 20.4. The van der Waals surface area contributed by atoms with Crippen molar-refractivity contribution in [2.45, 2.75) is 18.9 Å². The molecule has 1 aliphatic carbocycles. The number of benzene rings is 2. The molecule has 0 radical (unpaired) electrons. The van der Waals surface area contributed by atoms with Crippen LogP contribution in [0.5, 0.6) is 5.75 Å². The lowest BCUT2D eigenvalue weighted by atomic mass is 9.91. The van der Waals surface area contributed by atoms with E-state index < -0.39 is 0 Å². The Hall–Kier alpha value is -3.47. The second-order valence-corrected chi connectivity index (χ2v) is 8.29. The lowest BCUT2D eigenvalue weighted by Crippen LogP contribution is -2.24. The summed E-state index contributed by atoms with van der Waals surface area (Å²) in [4.78, 5) is 20.4. The fourth-order valence-electron chi connectivity index (χ4n) is 4.00. The summed E-state index contributed by atoms with van der Waals surface area (Å²) in [6.07, 6.45) is 3.87. The zero-order chi connectivity index (χ0) is 22.4. The number of nitrogens with zero attached hydrogens (tertiary/aromatic N) is 4. The molecule has 160 valence electrons. The van der Waals surface area contributed by atoms with Crippen molar-refractivity contribution in [3.8, 4) is 28.1 Å². The van der Waals surface area contributed by atoms with E-state index in [1.807, 2.05) is 19.2 Å². The van der Waals surface area contributed by atoms with Crippen LogP contribution in [0.1, 0.15) is 28.8 Å². The molecular weight excluding hydrogens is 426 g/mol. The highest BCUT2D eigenvalue weighted by molar-refractivity contribution is 6.34. The maximum atomic E-state index is 12.3. The van der Waals surface area contributed by atoms with Crippen LogP contribution >= 0.6 is 11.6 Å². The van der Waals surface area contributed by atoms with Gasteiger partial charge in [-0.15, -0.1) is 0 Å². The predicted octanol–water partition coefficient (Wildman–Crippen LogP) is 4.44. The Bertz CT molecular complexity index is 1330. The molecule has 3 aromatic rings. The minimum absolute atomic E-state index is 0.0292. The van der Waals surface area contributed by atoms with Gasteiger partial charge in [0, 0.05) is 40.9 Å². The van der Waals surface area contributed by atoms with Crippen LogP contribution in [0.15, 0.2) is 41.5 Å². The highest BCUT2D eigenvalue weighted by Crippen LogP contribution is 2.47. The molecule has 0 spiro atoms. The molecule has 2 aliphatic rings. The van der Waals surface area contributed by atoms with E-state index in [1.54, 1.807) is 29.1 Å². The minimum Gasteiger partial charge on any atom is -0.501 e. The number of halogens is 1. The number of aromatic nitrogens is 2. The molecule has 7 nitrogen and oxygen atoms in total. The summed E-state index contributed by atoms with van der Waals surface area (Å²) in [5.74, 6) is 0.501. The van der Waals surface area contributed by atoms with Crippen LogP contribution in [0.25, 0.3) is 27.2 Å². The lowest BCUT2D eigenvalue weighted by molar-refractivity contribution is 0.1000. The van der Waals surface area contributed by atoms with Crippen molar-refractivity contribution in [3.63, 3.8) is 0 Å². The summed E-state index contributed by atoms with van der Waals surface area (Å²) in [5, 5.41) is 4.89. The minimum atomic E-state index is -0.0292. The van der Waals surface area contributed by atoms with Crippen molar-refractivity contribution in [2.75, 3.05) is 13.1 Å². The number of Topliss-reactive ketones (excluding diaryl/α,β-unsaturated/α-hetero) is 1. The SMILES string of the molecule is [C-]#[N+]c1c(OC2CC2)ccc(Cl)c1-c1c(-c2ccc3c(c2)C(CN)=NCC3=O)cnn1C. The standard InChI is InChI=1S/C24H20ClN5O2/c1-27-23-21(32-14-4-5-14)8-7-18(25)22(23)24-17(11-29-30(24)2)13-3-6-15-16(9-13)19(10-26)28-12-20(15)31/h3,6-9,11,14H,4-5,10,12,26H2,2H3. The van der Waals surface area contributed by atoms with E-state index in [-0.39, 0.29) is 25.0 Å². The van der Waals surface area contributed by atoms with Crippen LogP contribution in [0.4, 0.5) is 5.69 Å². The number of aliphatic imine (C=N–C) groups is 1. The average molecular weight is 446 g/mol. The van der Waals surface area contributed by atoms with Crippen molar-refractivity contribution in [1.29, 1.82) is 0 Å². The Balaban J connectivity index is 1.69. The molecule has 0 amide bonds. The number of aryl methyl sites for hydroxylation is 1. The van der Waals surface area contributed by atoms with E-state index in [1.165, 1.54) is 0 Å². The number of nitrogens with two attached hydrogens (primary N) is 1. The summed E-state index contributed by atoms with van der Waals surface area (Å²) in [7, 11) is 1.81. The first-order valence-electron chi connectivity index (χ1n) is 10.3. The third-order valence-electron chi connectivity index (χ3n) is 5.74. The Kier molecular flexibility index (Phi) is 5.04. The Morgan fingerprint density at radius 3 is 2.78 bits per heavy atom. The molecule has 0 bridgehead atoms. The van der Waals surface area contributed by atoms with Gasteiger partial charge in [0.1, 0.15) is 12.3 Å². The molecule has 0 saturated heterocycles. The number of carbonyl (C=O) groups is 1. The van der Waals surface area contributed by atoms with E-state index in [4.69, 9.17) is 28.6 Å². The molecule has 1 aliphatic heterocycles. The molecule has 2 N–H and O–H groups in total. The van der Waals surface area contributed by atoms with Gasteiger partial charge in [0.05, 0.1) is 30.3 Å². The predicted molar refractivity (Wildman–Crippen MR) is 124 cm³/mol. The monoisotopic (exact) mass is 445 g/mol. The van der Waals surface area contributed by atoms with Gasteiger partial charge < -0.3 is 10.5 Å². The van der Waals surface area contributed by atoms with E-state index in [2.05, 4.69) is 14.9 Å². The molecule has 1 saturated carbocycles. The van der Waals surface area contributed by atoms with Gasteiger partial charge in [-0.25, -0.2) is 4.85 Å². The van der Waals surface area contributed by atoms with Crippen molar-refractivity contribution in [1.82, 2.24) is 9.78 Å². The van der Waals surface area contributed by atoms with Gasteiger partial charge in [0.2, 0.25) is 5.69 Å². The molecular formula is C24H20ClN5O2. The Morgan fingerprint density at radius 1 is 1.25 bits per heavy atom. The Labute approximate surface area is 190 Å². The second-order valence-electron chi connectivity index (χ2n) is 7.88. The number of carbonyl (C=O) groups excluding carboxylic acids is 1. The normalized spacial score (nSPS) is 15.2. The van der Waals surface area contributed by atoms with E-state index >= 15 is 0 Å². The quantitative estimate of drug-likeness (QED) is 0.588. The largest absolute Gasteiger partial charge is 0.501 e. The highest BCUT2D eigenvalue weighted by atomic mass is 35.5. The number of fused-ring (bicyclic) bond motifs is 1. The van der Waals surface area contributed by atoms with Crippen molar-refractivity contribution < 1.29 is 9.53 Å². The van der Waals surface area contributed by atoms with E-state index in [0.717, 1.165) is 29.5 Å². The van der Waals surface area contributed by atoms with Crippen molar-refractivity contribution >= 4 is 28.8 Å². The van der Waals surface area contributed by atoms with Gasteiger partial charge in [0.25, 0.3) is 0 Å². The van der Waals surface area contributed by atoms with Crippen molar-refractivity contribution in [3.05, 3.63) is 64.1 Å². The fraction of sp³-hybridized carbons (Fsp3) is 0.250. The first-order valence-corrected chi connectivity index (χ1v) is 10.7. The number of hydrogen-bond donors (Lipinski definition) is 1. The third-order valence-corrected chi connectivity index (χ3v) is 6.06. The average Bonchev–Trinajstić information content (AvgIpc) is 3.54. The fourth-order valence-corrected chi connectivity index (χ4v) is 4.24. The summed E-state index contributed by atoms with van der Waals surface area (Å²) < 4.78 is 7.68. The van der Waals surface area contributed by atoms with Gasteiger partial charge in [-0.3, -0.25) is 14.5 Å². The molecule has 5 rings (SSSR count). The maximum Gasteiger partial charge on any atom is 0.238 e. The van der Waals surface area contributed by atoms with Crippen LogP contribution < -0.4 is 10.5 Å². The van der Waals surface area contributed by atoms with E-state index in [9.17, 15) is 4.79 Å². The van der Waals surface area contributed by atoms with Crippen LogP contribution in [-0.4, -0.2) is 40.5 Å². The summed E-state index contributed by atoms with van der Waals surface area (Å²) in [6.45, 7) is 8.19. The van der Waals surface area contributed by atoms with Gasteiger partial charge in [-0.1, -0.05) is 23.7 Å². The van der Waals surface area contributed by atoms with Gasteiger partial charge in [-0.2, -0.15) is 5.10 Å². The molecule has 2 aromatic carbocycles. The molecule has 0 unspecified atom stereocenters. The van der Waals surface area contributed by atoms with Crippen LogP contribution in [0.2, 0.25) is 5.02 Å². The summed E-state index contributed by atoms with van der Waals surface area (Å²) in [5.41, 5.74) is 11.2. The summed E-state index contributed by atoms with van der Waals surface area (Å²) >= 11 is 6.61. The van der Waals surface area contributed by atoms with Gasteiger partial charge >= 0.3 is 0 Å². The highest BCUT2D eigenvalue weighted by Gasteiger charge is 2.28. The van der Waals surface area contributed by atoms with Crippen LogP contribution in [0.3, 0.4) is 0 Å². The second kappa shape index (κ2) is 7.90. The van der Waals surface area contributed by atoms with Crippen molar-refractivity contribution in [2.24, 2.45) is 17.8 Å². The molecule has 0 atom stereocenters. The maximum absolute atomic E-state index is 12.3. The number of hydrogen-bond acceptors (Lipinski definition) is 5. The van der Waals surface area contributed by atoms with E-state index in [0.29, 0.717) is 39.0 Å². The first-order chi connectivity index (χ1) is 15.5.